The van der Waals surface area contributed by atoms with E-state index in [4.69, 9.17) is 34.8 Å². The lowest BCUT2D eigenvalue weighted by atomic mass is 10.2. The van der Waals surface area contributed by atoms with Crippen LogP contribution in [0, 0.1) is 5.82 Å². The van der Waals surface area contributed by atoms with Crippen LogP contribution in [0.3, 0.4) is 0 Å². The molecule has 6 heteroatoms. The zero-order valence-electron chi connectivity index (χ0n) is 10.9. The Morgan fingerprint density at radius 1 is 1.19 bits per heavy atom. The van der Waals surface area contributed by atoms with Crippen LogP contribution in [0.4, 0.5) is 4.39 Å². The van der Waals surface area contributed by atoms with Crippen LogP contribution in [-0.2, 0) is 0 Å². The summed E-state index contributed by atoms with van der Waals surface area (Å²) in [6.45, 7) is 1.77. The van der Waals surface area contributed by atoms with Crippen LogP contribution in [0.25, 0.3) is 16.7 Å². The van der Waals surface area contributed by atoms with Crippen molar-refractivity contribution in [1.82, 2.24) is 9.55 Å². The molecule has 21 heavy (non-hydrogen) atoms. The molecule has 0 saturated heterocycles. The lowest BCUT2D eigenvalue weighted by Gasteiger charge is -2.12. The molecule has 2 aromatic carbocycles. The molecule has 0 radical (unpaired) electrons. The number of benzene rings is 2. The maximum absolute atomic E-state index is 14.2. The Balaban J connectivity index is 2.42. The van der Waals surface area contributed by atoms with Gasteiger partial charge in [0.05, 0.1) is 21.6 Å². The predicted molar refractivity (Wildman–Crippen MR) is 85.3 cm³/mol. The summed E-state index contributed by atoms with van der Waals surface area (Å²) in [5.41, 5.74) is 1.57. The van der Waals surface area contributed by atoms with Crippen LogP contribution in [0.5, 0.6) is 0 Å². The number of fused-ring (bicyclic) bond motifs is 1. The summed E-state index contributed by atoms with van der Waals surface area (Å²) in [5, 5.41) is 0.516. The maximum atomic E-state index is 14.2. The highest BCUT2D eigenvalue weighted by molar-refractivity contribution is 6.35. The van der Waals surface area contributed by atoms with E-state index in [-0.39, 0.29) is 0 Å². The molecule has 0 N–H and O–H groups in total. The number of halogens is 4. The first kappa shape index (κ1) is 14.6. The molecular weight excluding hydrogens is 334 g/mol. The third-order valence-corrected chi connectivity index (χ3v) is 3.90. The quantitative estimate of drug-likeness (QED) is 0.540. The molecule has 3 rings (SSSR count). The third-order valence-electron chi connectivity index (χ3n) is 3.17. The Morgan fingerprint density at radius 2 is 1.95 bits per heavy atom. The molecule has 0 amide bonds. The van der Waals surface area contributed by atoms with Gasteiger partial charge >= 0.3 is 0 Å². The number of nitrogens with zero attached hydrogens (tertiary/aromatic N) is 2. The van der Waals surface area contributed by atoms with Crippen molar-refractivity contribution < 1.29 is 4.39 Å². The van der Waals surface area contributed by atoms with Crippen molar-refractivity contribution in [1.29, 1.82) is 0 Å². The smallest absolute Gasteiger partial charge is 0.147 e. The van der Waals surface area contributed by atoms with Crippen LogP contribution in [-0.4, -0.2) is 9.55 Å². The van der Waals surface area contributed by atoms with Gasteiger partial charge in [-0.1, -0.05) is 29.3 Å². The lowest BCUT2D eigenvalue weighted by Crippen LogP contribution is -2.04. The SMILES string of the molecule is CC(Cl)c1nc2c(Cl)cccc2n1-c1cc(Cl)ccc1F. The molecule has 2 nitrogen and oxygen atoms in total. The first-order chi connectivity index (χ1) is 9.99. The molecule has 1 aromatic heterocycles. The second-order valence-corrected chi connectivity index (χ2v) is 6.12. The highest BCUT2D eigenvalue weighted by Crippen LogP contribution is 2.33. The number of imidazole rings is 1. The number of alkyl halides is 1. The Morgan fingerprint density at radius 3 is 2.67 bits per heavy atom. The van der Waals surface area contributed by atoms with Gasteiger partial charge in [0.25, 0.3) is 0 Å². The van der Waals surface area contributed by atoms with Crippen molar-refractivity contribution in [3.63, 3.8) is 0 Å². The first-order valence-electron chi connectivity index (χ1n) is 6.25. The van der Waals surface area contributed by atoms with E-state index < -0.39 is 11.2 Å². The Kier molecular flexibility index (Phi) is 3.82. The summed E-state index contributed by atoms with van der Waals surface area (Å²) >= 11 is 18.3. The maximum Gasteiger partial charge on any atom is 0.147 e. The highest BCUT2D eigenvalue weighted by atomic mass is 35.5. The van der Waals surface area contributed by atoms with Crippen molar-refractivity contribution in [2.75, 3.05) is 0 Å². The summed E-state index contributed by atoms with van der Waals surface area (Å²) < 4.78 is 15.9. The third kappa shape index (κ3) is 2.50. The van der Waals surface area contributed by atoms with Gasteiger partial charge in [-0.25, -0.2) is 9.37 Å². The van der Waals surface area contributed by atoms with Crippen LogP contribution in [0.1, 0.15) is 18.1 Å². The number of aromatic nitrogens is 2. The Bertz CT molecular complexity index is 827. The topological polar surface area (TPSA) is 17.8 Å². The van der Waals surface area contributed by atoms with Gasteiger partial charge in [0, 0.05) is 5.02 Å². The number of hydrogen-bond donors (Lipinski definition) is 0. The van der Waals surface area contributed by atoms with Crippen LogP contribution >= 0.6 is 34.8 Å². The minimum absolute atomic E-state index is 0.301. The minimum atomic E-state index is -0.410. The second-order valence-electron chi connectivity index (χ2n) is 4.62. The molecule has 0 saturated carbocycles. The predicted octanol–water partition coefficient (Wildman–Crippen LogP) is 5.77. The van der Waals surface area contributed by atoms with Gasteiger partial charge in [0.1, 0.15) is 17.2 Å². The minimum Gasteiger partial charge on any atom is -0.292 e. The van der Waals surface area contributed by atoms with Crippen LogP contribution in [0.15, 0.2) is 36.4 Å². The fourth-order valence-electron chi connectivity index (χ4n) is 2.26. The zero-order valence-corrected chi connectivity index (χ0v) is 13.2. The van der Waals surface area contributed by atoms with Gasteiger partial charge < -0.3 is 0 Å². The standard InChI is InChI=1S/C15H10Cl3FN2/c1-8(16)15-20-14-10(18)3-2-4-12(14)21(15)13-7-9(17)5-6-11(13)19/h2-8H,1H3. The van der Waals surface area contributed by atoms with Crippen molar-refractivity contribution in [3.05, 3.63) is 58.1 Å². The van der Waals surface area contributed by atoms with Gasteiger partial charge in [-0.2, -0.15) is 0 Å². The molecule has 3 aromatic rings. The molecule has 108 valence electrons. The average molecular weight is 344 g/mol. The zero-order chi connectivity index (χ0) is 15.1. The van der Waals surface area contributed by atoms with Gasteiger partial charge in [-0.15, -0.1) is 11.6 Å². The van der Waals surface area contributed by atoms with Crippen molar-refractivity contribution in [2.24, 2.45) is 0 Å². The molecule has 0 bridgehead atoms. The molecule has 1 atom stereocenters. The Hall–Kier alpha value is -1.29. The van der Waals surface area contributed by atoms with E-state index in [9.17, 15) is 4.39 Å². The summed E-state index contributed by atoms with van der Waals surface area (Å²) in [5.74, 6) is 0.109. The van der Waals surface area contributed by atoms with Gasteiger partial charge in [-0.3, -0.25) is 4.57 Å². The number of hydrogen-bond acceptors (Lipinski definition) is 1. The molecule has 0 aliphatic rings. The van der Waals surface area contributed by atoms with E-state index in [1.165, 1.54) is 12.1 Å². The second kappa shape index (κ2) is 5.48. The first-order valence-corrected chi connectivity index (χ1v) is 7.44. The molecule has 0 aliphatic heterocycles. The molecule has 1 unspecified atom stereocenters. The van der Waals surface area contributed by atoms with E-state index in [0.29, 0.717) is 32.6 Å². The van der Waals surface area contributed by atoms with E-state index in [0.717, 1.165) is 0 Å². The van der Waals surface area contributed by atoms with Gasteiger partial charge in [-0.05, 0) is 37.3 Å². The van der Waals surface area contributed by atoms with Gasteiger partial charge in [0.2, 0.25) is 0 Å². The lowest BCUT2D eigenvalue weighted by molar-refractivity contribution is 0.616. The Labute approximate surface area is 136 Å². The molecule has 0 spiro atoms. The summed E-state index contributed by atoms with van der Waals surface area (Å²) in [4.78, 5) is 4.45. The summed E-state index contributed by atoms with van der Waals surface area (Å²) in [6.07, 6.45) is 0. The van der Waals surface area contributed by atoms with Gasteiger partial charge in [0.15, 0.2) is 0 Å². The van der Waals surface area contributed by atoms with Crippen LogP contribution < -0.4 is 0 Å². The highest BCUT2D eigenvalue weighted by Gasteiger charge is 2.20. The van der Waals surface area contributed by atoms with Crippen LogP contribution in [0.2, 0.25) is 10.0 Å². The molecule has 0 aliphatic carbocycles. The van der Waals surface area contributed by atoms with E-state index in [2.05, 4.69) is 4.98 Å². The van der Waals surface area contributed by atoms with E-state index in [1.807, 2.05) is 6.07 Å². The fraction of sp³-hybridized carbons (Fsp3) is 0.133. The van der Waals surface area contributed by atoms with Crippen molar-refractivity contribution >= 4 is 45.8 Å². The summed E-state index contributed by atoms with van der Waals surface area (Å²) in [7, 11) is 0. The van der Waals surface area contributed by atoms with E-state index in [1.54, 1.807) is 29.7 Å². The summed E-state index contributed by atoms with van der Waals surface area (Å²) in [6, 6.07) is 9.69. The number of para-hydroxylation sites is 1. The van der Waals surface area contributed by atoms with E-state index >= 15 is 0 Å². The normalized spacial score (nSPS) is 12.8. The molecular formula is C15H10Cl3FN2. The van der Waals surface area contributed by atoms with Crippen molar-refractivity contribution in [3.8, 4) is 5.69 Å². The molecule has 0 fully saturated rings. The van der Waals surface area contributed by atoms with Crippen molar-refractivity contribution in [2.45, 2.75) is 12.3 Å². The average Bonchev–Trinajstić information content (AvgIpc) is 2.82. The fourth-order valence-corrected chi connectivity index (χ4v) is 2.78. The number of rotatable bonds is 2. The molecule has 1 heterocycles. The largest absolute Gasteiger partial charge is 0.292 e. The monoisotopic (exact) mass is 342 g/mol.